The topological polar surface area (TPSA) is 93.5 Å². The second kappa shape index (κ2) is 6.82. The number of benzene rings is 1. The highest BCUT2D eigenvalue weighted by Gasteiger charge is 2.33. The average molecular weight is 333 g/mol. The summed E-state index contributed by atoms with van der Waals surface area (Å²) >= 11 is 0. The Hall–Kier alpha value is -2.36. The van der Waals surface area contributed by atoms with Crippen LogP contribution in [0.1, 0.15) is 24.8 Å². The Kier molecular flexibility index (Phi) is 5.04. The van der Waals surface area contributed by atoms with Crippen LogP contribution in [-0.4, -0.2) is 23.5 Å². The molecule has 1 aliphatic rings. The SMILES string of the molecule is O=C(CC1CCCO1)NNc1ccc(C(F)(F)F)cc1[N+](=O)[O-]. The molecular weight excluding hydrogens is 319 g/mol. The number of alkyl halides is 3. The number of halogens is 3. The molecule has 1 aromatic rings. The number of nitrogens with zero attached hydrogens (tertiary/aromatic N) is 1. The molecule has 2 rings (SSSR count). The first-order chi connectivity index (χ1) is 10.8. The number of carbonyl (C=O) groups is 1. The van der Waals surface area contributed by atoms with Crippen LogP contribution in [-0.2, 0) is 15.7 Å². The molecule has 126 valence electrons. The van der Waals surface area contributed by atoms with Crippen molar-refractivity contribution < 1.29 is 27.6 Å². The predicted molar refractivity (Wildman–Crippen MR) is 73.5 cm³/mol. The largest absolute Gasteiger partial charge is 0.416 e. The standard InChI is InChI=1S/C13H14F3N3O4/c14-13(15,16)8-3-4-10(11(6-8)19(21)22)17-18-12(20)7-9-2-1-5-23-9/h3-4,6,9,17H,1-2,5,7H2,(H,18,20). The van der Waals surface area contributed by atoms with E-state index >= 15 is 0 Å². The van der Waals surface area contributed by atoms with E-state index in [4.69, 9.17) is 4.74 Å². The molecule has 23 heavy (non-hydrogen) atoms. The van der Waals surface area contributed by atoms with Gasteiger partial charge in [-0.15, -0.1) is 0 Å². The Morgan fingerprint density at radius 1 is 1.43 bits per heavy atom. The van der Waals surface area contributed by atoms with E-state index < -0.39 is 28.3 Å². The van der Waals surface area contributed by atoms with Crippen LogP contribution in [0.2, 0.25) is 0 Å². The molecule has 0 bridgehead atoms. The van der Waals surface area contributed by atoms with Gasteiger partial charge in [0.25, 0.3) is 5.69 Å². The second-order valence-electron chi connectivity index (χ2n) is 5.00. The third-order valence-corrected chi connectivity index (χ3v) is 3.30. The molecule has 1 saturated heterocycles. The lowest BCUT2D eigenvalue weighted by Gasteiger charge is -2.13. The number of hydrogen-bond donors (Lipinski definition) is 2. The summed E-state index contributed by atoms with van der Waals surface area (Å²) in [5, 5.41) is 10.9. The maximum Gasteiger partial charge on any atom is 0.416 e. The molecule has 2 N–H and O–H groups in total. The monoisotopic (exact) mass is 333 g/mol. The fourth-order valence-corrected chi connectivity index (χ4v) is 2.16. The van der Waals surface area contributed by atoms with Gasteiger partial charge in [-0.05, 0) is 25.0 Å². The summed E-state index contributed by atoms with van der Waals surface area (Å²) in [5.41, 5.74) is 2.36. The Labute approximate surface area is 128 Å². The van der Waals surface area contributed by atoms with Gasteiger partial charge in [-0.2, -0.15) is 13.2 Å². The Morgan fingerprint density at radius 2 is 2.17 bits per heavy atom. The number of ether oxygens (including phenoxy) is 1. The van der Waals surface area contributed by atoms with E-state index in [1.54, 1.807) is 0 Å². The third-order valence-electron chi connectivity index (χ3n) is 3.30. The molecular formula is C13H14F3N3O4. The lowest BCUT2D eigenvalue weighted by atomic mass is 10.1. The molecule has 0 saturated carbocycles. The van der Waals surface area contributed by atoms with E-state index in [1.807, 2.05) is 0 Å². The number of nitro groups is 1. The predicted octanol–water partition coefficient (Wildman–Crippen LogP) is 2.63. The second-order valence-corrected chi connectivity index (χ2v) is 5.00. The molecule has 1 amide bonds. The molecule has 1 aromatic carbocycles. The molecule has 1 heterocycles. The van der Waals surface area contributed by atoms with Gasteiger partial charge in [0.1, 0.15) is 5.69 Å². The zero-order chi connectivity index (χ0) is 17.0. The third kappa shape index (κ3) is 4.55. The van der Waals surface area contributed by atoms with Crippen molar-refractivity contribution in [1.29, 1.82) is 0 Å². The first kappa shape index (κ1) is 17.0. The minimum Gasteiger partial charge on any atom is -0.378 e. The van der Waals surface area contributed by atoms with E-state index in [0.29, 0.717) is 18.7 Å². The van der Waals surface area contributed by atoms with E-state index in [2.05, 4.69) is 10.9 Å². The highest BCUT2D eigenvalue weighted by atomic mass is 19.4. The lowest BCUT2D eigenvalue weighted by Crippen LogP contribution is -2.32. The Morgan fingerprint density at radius 3 is 2.74 bits per heavy atom. The van der Waals surface area contributed by atoms with E-state index in [1.165, 1.54) is 0 Å². The fourth-order valence-electron chi connectivity index (χ4n) is 2.16. The van der Waals surface area contributed by atoms with Crippen LogP contribution < -0.4 is 10.9 Å². The number of nitrogens with one attached hydrogen (secondary N) is 2. The number of rotatable bonds is 5. The fraction of sp³-hybridized carbons (Fsp3) is 0.462. The van der Waals surface area contributed by atoms with Crippen LogP contribution in [0.5, 0.6) is 0 Å². The van der Waals surface area contributed by atoms with Gasteiger partial charge in [-0.25, -0.2) is 0 Å². The molecule has 1 unspecified atom stereocenters. The molecule has 10 heteroatoms. The highest BCUT2D eigenvalue weighted by Crippen LogP contribution is 2.34. The van der Waals surface area contributed by atoms with E-state index in [-0.39, 0.29) is 18.2 Å². The Bertz CT molecular complexity index is 601. The first-order valence-electron chi connectivity index (χ1n) is 6.79. The van der Waals surface area contributed by atoms with Crippen molar-refractivity contribution in [2.45, 2.75) is 31.5 Å². The number of hydrazine groups is 1. The summed E-state index contributed by atoms with van der Waals surface area (Å²) in [6.07, 6.45) is -3.23. The van der Waals surface area contributed by atoms with Crippen molar-refractivity contribution in [1.82, 2.24) is 5.43 Å². The summed E-state index contributed by atoms with van der Waals surface area (Å²) in [6.45, 7) is 0.579. The van der Waals surface area contributed by atoms with E-state index in [9.17, 15) is 28.1 Å². The van der Waals surface area contributed by atoms with Crippen LogP contribution in [0, 0.1) is 10.1 Å². The molecule has 0 spiro atoms. The van der Waals surface area contributed by atoms with Crippen molar-refractivity contribution in [3.05, 3.63) is 33.9 Å². The van der Waals surface area contributed by atoms with Gasteiger partial charge in [0, 0.05) is 12.7 Å². The molecule has 0 radical (unpaired) electrons. The first-order valence-corrected chi connectivity index (χ1v) is 6.79. The quantitative estimate of drug-likeness (QED) is 0.638. The average Bonchev–Trinajstić information content (AvgIpc) is 2.96. The van der Waals surface area contributed by atoms with Gasteiger partial charge >= 0.3 is 6.18 Å². The van der Waals surface area contributed by atoms with Crippen LogP contribution in [0.4, 0.5) is 24.5 Å². The highest BCUT2D eigenvalue weighted by molar-refractivity contribution is 5.79. The van der Waals surface area contributed by atoms with Crippen molar-refractivity contribution in [2.24, 2.45) is 0 Å². The zero-order valence-corrected chi connectivity index (χ0v) is 11.9. The minimum atomic E-state index is -4.69. The van der Waals surface area contributed by atoms with Crippen molar-refractivity contribution in [2.75, 3.05) is 12.0 Å². The van der Waals surface area contributed by atoms with Gasteiger partial charge in [0.2, 0.25) is 5.91 Å². The summed E-state index contributed by atoms with van der Waals surface area (Å²) < 4.78 is 43.0. The number of anilines is 1. The van der Waals surface area contributed by atoms with Gasteiger partial charge in [-0.3, -0.25) is 25.8 Å². The maximum absolute atomic E-state index is 12.6. The summed E-state index contributed by atoms with van der Waals surface area (Å²) in [7, 11) is 0. The van der Waals surface area contributed by atoms with Crippen LogP contribution in [0.15, 0.2) is 18.2 Å². The van der Waals surface area contributed by atoms with Crippen molar-refractivity contribution >= 4 is 17.3 Å². The summed E-state index contributed by atoms with van der Waals surface area (Å²) in [6, 6.07) is 2.00. The number of amides is 1. The van der Waals surface area contributed by atoms with E-state index in [0.717, 1.165) is 18.9 Å². The molecule has 1 aliphatic heterocycles. The van der Waals surface area contributed by atoms with Gasteiger partial charge in [0.15, 0.2) is 0 Å². The lowest BCUT2D eigenvalue weighted by molar-refractivity contribution is -0.384. The van der Waals surface area contributed by atoms with Gasteiger partial charge in [-0.1, -0.05) is 0 Å². The number of nitro benzene ring substituents is 1. The van der Waals surface area contributed by atoms with Crippen LogP contribution in [0.3, 0.4) is 0 Å². The van der Waals surface area contributed by atoms with Crippen LogP contribution >= 0.6 is 0 Å². The summed E-state index contributed by atoms with van der Waals surface area (Å²) in [4.78, 5) is 21.6. The zero-order valence-electron chi connectivity index (χ0n) is 11.9. The van der Waals surface area contributed by atoms with Crippen LogP contribution in [0.25, 0.3) is 0 Å². The molecule has 0 aliphatic carbocycles. The number of hydrogen-bond acceptors (Lipinski definition) is 5. The molecule has 1 atom stereocenters. The van der Waals surface area contributed by atoms with Gasteiger partial charge in [0.05, 0.1) is 23.0 Å². The summed E-state index contributed by atoms with van der Waals surface area (Å²) in [5.74, 6) is -0.467. The molecule has 7 nitrogen and oxygen atoms in total. The smallest absolute Gasteiger partial charge is 0.378 e. The molecule has 0 aromatic heterocycles. The minimum absolute atomic E-state index is 0.0709. The number of carbonyl (C=O) groups excluding carboxylic acids is 1. The molecule has 1 fully saturated rings. The normalized spacial score (nSPS) is 17.8. The van der Waals surface area contributed by atoms with Gasteiger partial charge < -0.3 is 4.74 Å². The van der Waals surface area contributed by atoms with Crippen molar-refractivity contribution in [3.8, 4) is 0 Å². The maximum atomic E-state index is 12.6. The Balaban J connectivity index is 2.03. The van der Waals surface area contributed by atoms with Crippen molar-refractivity contribution in [3.63, 3.8) is 0 Å².